The number of hydrogen-bond acceptors (Lipinski definition) is 3. The first-order chi connectivity index (χ1) is 10.3. The number of aryl methyl sites for hydroxylation is 1. The highest BCUT2D eigenvalue weighted by atomic mass is 35.5. The molecule has 0 bridgehead atoms. The van der Waals surface area contributed by atoms with Gasteiger partial charge >= 0.3 is 11.8 Å². The van der Waals surface area contributed by atoms with Crippen molar-refractivity contribution in [3.63, 3.8) is 0 Å². The third kappa shape index (κ3) is 3.29. The quantitative estimate of drug-likeness (QED) is 0.530. The number of halogens is 5. The molecule has 0 aliphatic carbocycles. The molecule has 0 atom stereocenters. The van der Waals surface area contributed by atoms with Gasteiger partial charge in [-0.2, -0.15) is 13.2 Å². The maximum absolute atomic E-state index is 14.2. The van der Waals surface area contributed by atoms with E-state index in [4.69, 9.17) is 16.3 Å². The Hall–Kier alpha value is -1.76. The fraction of sp³-hybridized carbons (Fsp3) is 0.400. The van der Waals surface area contributed by atoms with E-state index in [0.717, 1.165) is 13.0 Å². The molecular formula is C15H13ClF4O3. The van der Waals surface area contributed by atoms with Crippen molar-refractivity contribution in [2.24, 2.45) is 0 Å². The second kappa shape index (κ2) is 5.40. The van der Waals surface area contributed by atoms with Crippen molar-refractivity contribution >= 4 is 22.6 Å². The lowest BCUT2D eigenvalue weighted by molar-refractivity contribution is -0.140. The molecule has 126 valence electrons. The van der Waals surface area contributed by atoms with Crippen molar-refractivity contribution in [1.29, 1.82) is 0 Å². The van der Waals surface area contributed by atoms with Gasteiger partial charge in [-0.05, 0) is 39.3 Å². The van der Waals surface area contributed by atoms with Gasteiger partial charge in [-0.25, -0.2) is 9.18 Å². The van der Waals surface area contributed by atoms with Crippen LogP contribution in [0.2, 0.25) is 5.02 Å². The summed E-state index contributed by atoms with van der Waals surface area (Å²) in [5, 5.41) is -0.621. The van der Waals surface area contributed by atoms with E-state index in [9.17, 15) is 22.4 Å². The molecule has 0 unspecified atom stereocenters. The van der Waals surface area contributed by atoms with Gasteiger partial charge in [0.25, 0.3) is 0 Å². The van der Waals surface area contributed by atoms with Crippen molar-refractivity contribution in [3.05, 3.63) is 38.5 Å². The number of fused-ring (bicyclic) bond motifs is 1. The van der Waals surface area contributed by atoms with Crippen molar-refractivity contribution < 1.29 is 26.7 Å². The smallest absolute Gasteiger partial charge is 0.423 e. The van der Waals surface area contributed by atoms with Crippen LogP contribution in [0.25, 0.3) is 11.0 Å². The molecular weight excluding hydrogens is 340 g/mol. The number of benzene rings is 1. The van der Waals surface area contributed by atoms with Gasteiger partial charge in [0.1, 0.15) is 16.2 Å². The average Bonchev–Trinajstić information content (AvgIpc) is 2.33. The van der Waals surface area contributed by atoms with E-state index in [0.29, 0.717) is 0 Å². The zero-order chi connectivity index (χ0) is 17.7. The molecule has 3 nitrogen and oxygen atoms in total. The average molecular weight is 353 g/mol. The van der Waals surface area contributed by atoms with Gasteiger partial charge in [0.2, 0.25) is 0 Å². The SMILES string of the molecule is Cc1c(C(F)(F)F)c(=O)oc2c(Cl)c(OC(C)(C)C)c(F)cc12. The molecule has 0 amide bonds. The molecule has 0 fully saturated rings. The van der Waals surface area contributed by atoms with E-state index in [1.807, 2.05) is 0 Å². The fourth-order valence-corrected chi connectivity index (χ4v) is 2.39. The van der Waals surface area contributed by atoms with Gasteiger partial charge in [-0.15, -0.1) is 0 Å². The standard InChI is InChI=1S/C15H13ClF4O3/c1-6-7-5-8(17)12(23-14(2,3)4)10(16)11(7)22-13(21)9(6)15(18,19)20/h5H,1-4H3. The predicted octanol–water partition coefficient (Wildman–Crippen LogP) is 5.09. The van der Waals surface area contributed by atoms with Crippen LogP contribution in [-0.2, 0) is 6.18 Å². The minimum absolute atomic E-state index is 0.235. The van der Waals surface area contributed by atoms with Crippen molar-refractivity contribution in [1.82, 2.24) is 0 Å². The summed E-state index contributed by atoms with van der Waals surface area (Å²) in [5.74, 6) is -1.32. The highest BCUT2D eigenvalue weighted by Gasteiger charge is 2.38. The molecule has 0 aliphatic rings. The van der Waals surface area contributed by atoms with E-state index >= 15 is 0 Å². The molecule has 1 aromatic heterocycles. The van der Waals surface area contributed by atoms with Crippen LogP contribution >= 0.6 is 11.6 Å². The summed E-state index contributed by atoms with van der Waals surface area (Å²) in [6, 6.07) is 0.815. The summed E-state index contributed by atoms with van der Waals surface area (Å²) in [4.78, 5) is 11.7. The molecule has 0 saturated heterocycles. The van der Waals surface area contributed by atoms with Gasteiger partial charge in [-0.1, -0.05) is 11.6 Å². The molecule has 0 N–H and O–H groups in total. The first-order valence-electron chi connectivity index (χ1n) is 6.54. The van der Waals surface area contributed by atoms with Crippen LogP contribution in [0.5, 0.6) is 5.75 Å². The monoisotopic (exact) mass is 352 g/mol. The Bertz CT molecular complexity index is 832. The van der Waals surface area contributed by atoms with Gasteiger partial charge < -0.3 is 9.15 Å². The predicted molar refractivity (Wildman–Crippen MR) is 77.6 cm³/mol. The summed E-state index contributed by atoms with van der Waals surface area (Å²) >= 11 is 5.98. The Morgan fingerprint density at radius 1 is 1.22 bits per heavy atom. The topological polar surface area (TPSA) is 39.4 Å². The van der Waals surface area contributed by atoms with Crippen molar-refractivity contribution in [2.45, 2.75) is 39.5 Å². The van der Waals surface area contributed by atoms with Crippen LogP contribution in [0.3, 0.4) is 0 Å². The molecule has 2 aromatic rings. The minimum Gasteiger partial charge on any atom is -0.483 e. The first kappa shape index (κ1) is 17.6. The van der Waals surface area contributed by atoms with Gasteiger partial charge in [0, 0.05) is 5.39 Å². The van der Waals surface area contributed by atoms with Crippen LogP contribution in [0.1, 0.15) is 31.9 Å². The highest BCUT2D eigenvalue weighted by molar-refractivity contribution is 6.36. The van der Waals surface area contributed by atoms with Crippen LogP contribution in [0, 0.1) is 12.7 Å². The van der Waals surface area contributed by atoms with Crippen LogP contribution in [0.15, 0.2) is 15.3 Å². The molecule has 2 rings (SSSR count). The van der Waals surface area contributed by atoms with Crippen molar-refractivity contribution in [3.8, 4) is 5.75 Å². The normalized spacial score (nSPS) is 12.7. The molecule has 1 heterocycles. The summed E-state index contributed by atoms with van der Waals surface area (Å²) in [6.07, 6.45) is -4.91. The van der Waals surface area contributed by atoms with Gasteiger partial charge in [0.05, 0.1) is 0 Å². The van der Waals surface area contributed by atoms with E-state index in [2.05, 4.69) is 4.42 Å². The van der Waals surface area contributed by atoms with Crippen LogP contribution in [0.4, 0.5) is 17.6 Å². The number of alkyl halides is 3. The van der Waals surface area contributed by atoms with E-state index in [1.165, 1.54) is 0 Å². The third-order valence-corrected chi connectivity index (χ3v) is 3.34. The molecule has 1 aromatic carbocycles. The molecule has 23 heavy (non-hydrogen) atoms. The molecule has 0 aliphatic heterocycles. The molecule has 0 radical (unpaired) electrons. The minimum atomic E-state index is -4.91. The zero-order valence-corrected chi connectivity index (χ0v) is 13.4. The van der Waals surface area contributed by atoms with E-state index in [-0.39, 0.29) is 21.7 Å². The Balaban J connectivity index is 2.86. The second-order valence-electron chi connectivity index (χ2n) is 5.98. The fourth-order valence-electron chi connectivity index (χ4n) is 2.12. The Morgan fingerprint density at radius 2 is 1.78 bits per heavy atom. The zero-order valence-electron chi connectivity index (χ0n) is 12.7. The third-order valence-electron chi connectivity index (χ3n) is 3.00. The van der Waals surface area contributed by atoms with Crippen LogP contribution in [-0.4, -0.2) is 5.60 Å². The maximum atomic E-state index is 14.2. The van der Waals surface area contributed by atoms with E-state index < -0.39 is 34.3 Å². The molecule has 0 spiro atoms. The summed E-state index contributed by atoms with van der Waals surface area (Å²) in [6.45, 7) is 5.98. The molecule has 8 heteroatoms. The Labute approximate surface area is 133 Å². The van der Waals surface area contributed by atoms with E-state index in [1.54, 1.807) is 20.8 Å². The summed E-state index contributed by atoms with van der Waals surface area (Å²) in [7, 11) is 0. The van der Waals surface area contributed by atoms with Gasteiger partial charge in [0.15, 0.2) is 17.1 Å². The largest absolute Gasteiger partial charge is 0.483 e. The highest BCUT2D eigenvalue weighted by Crippen LogP contribution is 2.40. The number of ether oxygens (including phenoxy) is 1. The molecule has 0 saturated carbocycles. The lowest BCUT2D eigenvalue weighted by Gasteiger charge is -2.23. The van der Waals surface area contributed by atoms with Crippen molar-refractivity contribution in [2.75, 3.05) is 0 Å². The first-order valence-corrected chi connectivity index (χ1v) is 6.92. The Morgan fingerprint density at radius 3 is 2.26 bits per heavy atom. The Kier molecular flexibility index (Phi) is 4.13. The van der Waals surface area contributed by atoms with Crippen LogP contribution < -0.4 is 10.4 Å². The maximum Gasteiger partial charge on any atom is 0.423 e. The summed E-state index contributed by atoms with van der Waals surface area (Å²) in [5.41, 5.74) is -4.67. The number of hydrogen-bond donors (Lipinski definition) is 0. The second-order valence-corrected chi connectivity index (χ2v) is 6.36. The lowest BCUT2D eigenvalue weighted by atomic mass is 10.0. The summed E-state index contributed by atoms with van der Waals surface area (Å²) < 4.78 is 63.0. The lowest BCUT2D eigenvalue weighted by Crippen LogP contribution is -2.24. The van der Waals surface area contributed by atoms with Gasteiger partial charge in [-0.3, -0.25) is 0 Å². The number of rotatable bonds is 1.